The van der Waals surface area contributed by atoms with Crippen LogP contribution < -0.4 is 5.11 Å². The summed E-state index contributed by atoms with van der Waals surface area (Å²) >= 11 is 0.818. The van der Waals surface area contributed by atoms with Crippen LogP contribution >= 0.6 is 11.8 Å². The molecule has 0 atom stereocenters. The summed E-state index contributed by atoms with van der Waals surface area (Å²) in [5, 5.41) is 22.7. The SMILES string of the molecule is Cc1occc1-c1nnc(SCC(=O)[O-])n1/N=C\c1c(F)cccc1F. The Bertz CT molecular complexity index is 964. The third-order valence-electron chi connectivity index (χ3n) is 3.33. The number of halogens is 2. The van der Waals surface area contributed by atoms with Gasteiger partial charge < -0.3 is 14.3 Å². The molecule has 0 fully saturated rings. The first-order valence-electron chi connectivity index (χ1n) is 7.28. The van der Waals surface area contributed by atoms with E-state index in [-0.39, 0.29) is 22.3 Å². The fourth-order valence-electron chi connectivity index (χ4n) is 2.12. The first-order valence-corrected chi connectivity index (χ1v) is 8.27. The van der Waals surface area contributed by atoms with Gasteiger partial charge in [-0.25, -0.2) is 8.78 Å². The number of thioether (sulfide) groups is 1. The molecule has 0 N–H and O–H groups in total. The lowest BCUT2D eigenvalue weighted by atomic mass is 10.2. The van der Waals surface area contributed by atoms with Gasteiger partial charge in [0.25, 0.3) is 0 Å². The number of carboxylic acids is 1. The second-order valence-electron chi connectivity index (χ2n) is 5.05. The van der Waals surface area contributed by atoms with Crippen LogP contribution in [0.5, 0.6) is 0 Å². The molecule has 3 rings (SSSR count). The minimum absolute atomic E-state index is 0.123. The number of furan rings is 1. The zero-order valence-corrected chi connectivity index (χ0v) is 14.2. The summed E-state index contributed by atoms with van der Waals surface area (Å²) in [5.74, 6) is -2.48. The predicted octanol–water partition coefficient (Wildman–Crippen LogP) is 1.85. The third kappa shape index (κ3) is 3.64. The van der Waals surface area contributed by atoms with Crippen LogP contribution in [0.3, 0.4) is 0 Å². The van der Waals surface area contributed by atoms with Crippen LogP contribution in [0.15, 0.2) is 45.2 Å². The van der Waals surface area contributed by atoms with Crippen molar-refractivity contribution in [3.05, 3.63) is 53.5 Å². The molecule has 0 aliphatic heterocycles. The van der Waals surface area contributed by atoms with Gasteiger partial charge in [0, 0.05) is 5.75 Å². The van der Waals surface area contributed by atoms with Gasteiger partial charge in [-0.3, -0.25) is 0 Å². The monoisotopic (exact) mass is 377 g/mol. The number of benzene rings is 1. The molecule has 2 aromatic heterocycles. The molecule has 10 heteroatoms. The average Bonchev–Trinajstić information content (AvgIpc) is 3.18. The molecule has 0 amide bonds. The summed E-state index contributed by atoms with van der Waals surface area (Å²) in [6.07, 6.45) is 2.42. The van der Waals surface area contributed by atoms with Crippen molar-refractivity contribution in [2.45, 2.75) is 12.1 Å². The van der Waals surface area contributed by atoms with E-state index >= 15 is 0 Å². The van der Waals surface area contributed by atoms with Gasteiger partial charge in [-0.1, -0.05) is 17.8 Å². The van der Waals surface area contributed by atoms with Crippen molar-refractivity contribution >= 4 is 23.9 Å². The van der Waals surface area contributed by atoms with Crippen LogP contribution in [-0.2, 0) is 4.79 Å². The molecular formula is C16H11F2N4O3S-. The second kappa shape index (κ2) is 7.48. The summed E-state index contributed by atoms with van der Waals surface area (Å²) in [7, 11) is 0. The smallest absolute Gasteiger partial charge is 0.212 e. The molecule has 0 radical (unpaired) electrons. The molecular weight excluding hydrogens is 366 g/mol. The molecule has 0 spiro atoms. The number of carbonyl (C=O) groups is 1. The van der Waals surface area contributed by atoms with E-state index in [1.54, 1.807) is 13.0 Å². The van der Waals surface area contributed by atoms with Crippen molar-refractivity contribution in [3.8, 4) is 11.4 Å². The van der Waals surface area contributed by atoms with Crippen molar-refractivity contribution in [2.75, 3.05) is 5.75 Å². The Balaban J connectivity index is 2.05. The average molecular weight is 377 g/mol. The van der Waals surface area contributed by atoms with Gasteiger partial charge in [-0.05, 0) is 25.1 Å². The van der Waals surface area contributed by atoms with Crippen molar-refractivity contribution in [2.24, 2.45) is 5.10 Å². The van der Waals surface area contributed by atoms with Crippen molar-refractivity contribution < 1.29 is 23.1 Å². The highest BCUT2D eigenvalue weighted by Crippen LogP contribution is 2.27. The van der Waals surface area contributed by atoms with Crippen LogP contribution in [0.25, 0.3) is 11.4 Å². The third-order valence-corrected chi connectivity index (χ3v) is 4.23. The number of aromatic nitrogens is 3. The maximum Gasteiger partial charge on any atom is 0.212 e. The first-order chi connectivity index (χ1) is 12.5. The molecule has 134 valence electrons. The van der Waals surface area contributed by atoms with Crippen LogP contribution in [0.4, 0.5) is 8.78 Å². The van der Waals surface area contributed by atoms with E-state index in [2.05, 4.69) is 15.3 Å². The molecule has 0 bridgehead atoms. The lowest BCUT2D eigenvalue weighted by Crippen LogP contribution is -2.24. The van der Waals surface area contributed by atoms with E-state index in [9.17, 15) is 18.7 Å². The van der Waals surface area contributed by atoms with Gasteiger partial charge in [0.1, 0.15) is 17.4 Å². The number of hydrogen-bond acceptors (Lipinski definition) is 7. The summed E-state index contributed by atoms with van der Waals surface area (Å²) in [6, 6.07) is 5.07. The Morgan fingerprint density at radius 1 is 1.35 bits per heavy atom. The number of hydrogen-bond donors (Lipinski definition) is 0. The first kappa shape index (κ1) is 17.8. The highest BCUT2D eigenvalue weighted by molar-refractivity contribution is 7.99. The lowest BCUT2D eigenvalue weighted by molar-refractivity contribution is -0.301. The molecule has 0 saturated heterocycles. The molecule has 0 unspecified atom stereocenters. The quantitative estimate of drug-likeness (QED) is 0.480. The second-order valence-corrected chi connectivity index (χ2v) is 5.99. The molecule has 3 aromatic rings. The number of aliphatic carboxylic acids is 1. The van der Waals surface area contributed by atoms with E-state index in [0.29, 0.717) is 11.3 Å². The van der Waals surface area contributed by atoms with Crippen LogP contribution in [-0.4, -0.2) is 32.8 Å². The number of carbonyl (C=O) groups excluding carboxylic acids is 1. The predicted molar refractivity (Wildman–Crippen MR) is 87.5 cm³/mol. The normalized spacial score (nSPS) is 11.3. The van der Waals surface area contributed by atoms with E-state index in [4.69, 9.17) is 4.42 Å². The summed E-state index contributed by atoms with van der Waals surface area (Å²) < 4.78 is 34.0. The van der Waals surface area contributed by atoms with E-state index in [1.807, 2.05) is 0 Å². The van der Waals surface area contributed by atoms with Crippen molar-refractivity contribution in [1.29, 1.82) is 0 Å². The van der Waals surface area contributed by atoms with Gasteiger partial charge in [0.2, 0.25) is 5.16 Å². The maximum absolute atomic E-state index is 13.8. The van der Waals surface area contributed by atoms with Crippen LogP contribution in [0.1, 0.15) is 11.3 Å². The fourth-order valence-corrected chi connectivity index (χ4v) is 2.72. The molecule has 0 saturated carbocycles. The highest BCUT2D eigenvalue weighted by atomic mass is 32.2. The van der Waals surface area contributed by atoms with Crippen molar-refractivity contribution in [1.82, 2.24) is 14.9 Å². The Kier molecular flexibility index (Phi) is 5.12. The van der Waals surface area contributed by atoms with Crippen molar-refractivity contribution in [3.63, 3.8) is 0 Å². The maximum atomic E-state index is 13.8. The summed E-state index contributed by atoms with van der Waals surface area (Å²) in [4.78, 5) is 10.7. The fraction of sp³-hybridized carbons (Fsp3) is 0.125. The molecule has 0 aliphatic carbocycles. The van der Waals surface area contributed by atoms with Gasteiger partial charge >= 0.3 is 0 Å². The lowest BCUT2D eigenvalue weighted by Gasteiger charge is -2.05. The number of nitrogens with zero attached hydrogens (tertiary/aromatic N) is 4. The molecule has 7 nitrogen and oxygen atoms in total. The molecule has 2 heterocycles. The van der Waals surface area contributed by atoms with E-state index in [0.717, 1.165) is 30.1 Å². The Morgan fingerprint density at radius 3 is 2.69 bits per heavy atom. The zero-order chi connectivity index (χ0) is 18.7. The van der Waals surface area contributed by atoms with Gasteiger partial charge in [0.05, 0.1) is 29.6 Å². The standard InChI is InChI=1S/C16H12F2N4O3S/c1-9-10(5-6-25-9)15-20-21-16(26-8-14(23)24)22(15)19-7-11-12(17)3-2-4-13(11)18/h2-7H,8H2,1H3,(H,23,24)/p-1/b19-7-. The summed E-state index contributed by atoms with van der Waals surface area (Å²) in [5.41, 5.74) is 0.218. The Labute approximate surface area is 150 Å². The molecule has 0 aliphatic rings. The number of aryl methyl sites for hydroxylation is 1. The Hall–Kier alpha value is -3.01. The zero-order valence-electron chi connectivity index (χ0n) is 13.3. The minimum Gasteiger partial charge on any atom is -0.549 e. The van der Waals surface area contributed by atoms with E-state index in [1.165, 1.54) is 17.0 Å². The van der Waals surface area contributed by atoms with Gasteiger partial charge in [0.15, 0.2) is 5.82 Å². The largest absolute Gasteiger partial charge is 0.549 e. The topological polar surface area (TPSA) is 96.3 Å². The molecule has 26 heavy (non-hydrogen) atoms. The highest BCUT2D eigenvalue weighted by Gasteiger charge is 2.17. The van der Waals surface area contributed by atoms with E-state index < -0.39 is 17.6 Å². The summed E-state index contributed by atoms with van der Waals surface area (Å²) in [6.45, 7) is 1.70. The van der Waals surface area contributed by atoms with Gasteiger partial charge in [-0.15, -0.1) is 10.2 Å². The van der Waals surface area contributed by atoms with Gasteiger partial charge in [-0.2, -0.15) is 9.78 Å². The number of rotatable bonds is 6. The minimum atomic E-state index is -1.30. The Morgan fingerprint density at radius 2 is 2.08 bits per heavy atom. The van der Waals surface area contributed by atoms with Crippen LogP contribution in [0, 0.1) is 18.6 Å². The number of carboxylic acid groups (broad SMARTS) is 1. The van der Waals surface area contributed by atoms with Crippen LogP contribution in [0.2, 0.25) is 0 Å². The molecule has 1 aromatic carbocycles.